The largest absolute Gasteiger partial charge is 0.134 e. The molecule has 0 saturated carbocycles. The highest BCUT2D eigenvalue weighted by atomic mass is 32.1. The summed E-state index contributed by atoms with van der Waals surface area (Å²) >= 11 is 2.25. The molecule has 0 aliphatic heterocycles. The molecule has 0 bridgehead atoms. The van der Waals surface area contributed by atoms with E-state index in [1.807, 2.05) is 0 Å². The molecule has 0 N–H and O–H groups in total. The average Bonchev–Trinajstić information content (AvgIpc) is 4.12. The Morgan fingerprint density at radius 2 is 0.148 bits per heavy atom. The van der Waals surface area contributed by atoms with E-state index < -0.39 is 0 Å². The van der Waals surface area contributed by atoms with Gasteiger partial charge in [0.1, 0.15) is 0 Å². The summed E-state index contributed by atoms with van der Waals surface area (Å²) in [5, 5.41) is 96.3. The van der Waals surface area contributed by atoms with Crippen molar-refractivity contribution in [1.82, 2.24) is 0 Å². The SMILES string of the molecule is s1c2c3c4c5c1c1c6c7c2c2c8c3c3c9c4c4c%10c5c5c1c1c6c6c%11c7c2c2c7c8c3c3c8c9c4c4c9c%10c5c5c1c1c6c6c%11c2c2c7c3c3c8c4c4c9c5c1c1c6c2c3c41. The second-order valence-electron chi connectivity index (χ2n) is 22.5. The molecule has 0 amide bonds. The van der Waals surface area contributed by atoms with Crippen molar-refractivity contribution in [2.75, 3.05) is 0 Å². The van der Waals surface area contributed by atoms with E-state index >= 15 is 0 Å². The highest BCUT2D eigenvalue weighted by Crippen LogP contribution is 2.80. The highest BCUT2D eigenvalue weighted by Gasteiger charge is 2.50. The van der Waals surface area contributed by atoms with E-state index in [1.54, 1.807) is 322 Å². The standard InChI is InChI=1S/C60S/c61-59-55-48-41-29-21-12-3-1-2-4-7(3)16-23(21)31-32-24(16)22-13(4)15-11-6(2)9-8-5(1)10-14(12)27(29)35-33-19(10)17(8)25-26-18(9)20(11)34-36-28(15)30(22)42-44(32)53(52(55)43(31)41)56-49(42)47(36)51-40(34)38(26)45-37(25)39(33)50(46(35)48)57(59)54(45)58(51)60(56)61. The third-order valence-corrected chi connectivity index (χ3v) is 23.6. The first-order chi connectivity index (χ1) is 30.5. The predicted octanol–water partition coefficient (Wildman–Crippen LogP) is 18.4. The molecule has 1 aromatic heterocycles. The quantitative estimate of drug-likeness (QED) is 0.107. The minimum atomic E-state index is 1.62. The normalized spacial score (nSPS) is 17.8. The van der Waals surface area contributed by atoms with Gasteiger partial charge >= 0.3 is 0 Å². The van der Waals surface area contributed by atoms with Crippen LogP contribution >= 0.6 is 11.3 Å². The van der Waals surface area contributed by atoms with Gasteiger partial charge in [-0.3, -0.25) is 0 Å². The van der Waals surface area contributed by atoms with Crippen LogP contribution in [0.4, 0.5) is 0 Å². The van der Waals surface area contributed by atoms with E-state index in [-0.39, 0.29) is 0 Å². The molecule has 1 heterocycles. The predicted molar refractivity (Wildman–Crippen MR) is 267 cm³/mol. The van der Waals surface area contributed by atoms with Gasteiger partial charge in [0.25, 0.3) is 0 Å². The summed E-state index contributed by atoms with van der Waals surface area (Å²) in [5.74, 6) is 0. The summed E-state index contributed by atoms with van der Waals surface area (Å²) in [6.07, 6.45) is 0. The first kappa shape index (κ1) is 21.1. The minimum absolute atomic E-state index is 1.62. The van der Waals surface area contributed by atoms with Crippen LogP contribution in [0.1, 0.15) is 0 Å². The molecule has 31 rings (SSSR count). The van der Waals surface area contributed by atoms with Gasteiger partial charge in [0.2, 0.25) is 0 Å². The first-order valence-electron chi connectivity index (χ1n) is 22.7. The Kier molecular flexibility index (Phi) is 1.59. The van der Waals surface area contributed by atoms with E-state index in [0.29, 0.717) is 0 Å². The van der Waals surface area contributed by atoms with Crippen LogP contribution in [0.15, 0.2) is 0 Å². The van der Waals surface area contributed by atoms with E-state index in [9.17, 15) is 0 Å². The molecule has 61 heavy (non-hydrogen) atoms. The van der Waals surface area contributed by atoms with Crippen LogP contribution in [0.2, 0.25) is 0 Å². The zero-order valence-corrected chi connectivity index (χ0v) is 31.2. The molecule has 0 aliphatic carbocycles. The molecule has 0 fully saturated rings. The molecule has 0 radical (unpaired) electrons. The summed E-state index contributed by atoms with van der Waals surface area (Å²) in [5.41, 5.74) is 0. The lowest BCUT2D eigenvalue weighted by Crippen LogP contribution is -1.89. The smallest absolute Gasteiger partial charge is 0.0447 e. The van der Waals surface area contributed by atoms with Gasteiger partial charge in [0.15, 0.2) is 0 Å². The molecule has 1 heteroatoms. The number of benzene rings is 19. The Morgan fingerprint density at radius 3 is 0.246 bits per heavy atom. The van der Waals surface area contributed by atoms with Gasteiger partial charge in [-0.05, 0) is 0 Å². The van der Waals surface area contributed by atoms with Crippen molar-refractivity contribution in [2.45, 2.75) is 0 Å². The molecule has 0 atom stereocenters. The lowest BCUT2D eigenvalue weighted by atomic mass is 9.86. The number of rotatable bonds is 0. The van der Waals surface area contributed by atoms with Gasteiger partial charge in [0, 0.05) is 322 Å². The minimum Gasteiger partial charge on any atom is -0.134 e. The van der Waals surface area contributed by atoms with Crippen LogP contribution in [0.25, 0.3) is 322 Å². The third-order valence-electron chi connectivity index (χ3n) is 22.4. The molecular formula is C60S. The molecule has 0 saturated heterocycles. The molecule has 31 aromatic rings. The molecular weight excluding hydrogens is 753 g/mol. The molecule has 0 aliphatic rings. The van der Waals surface area contributed by atoms with Crippen molar-refractivity contribution >= 4 is 333 Å². The summed E-state index contributed by atoms with van der Waals surface area (Å²) < 4.78 is 3.25. The van der Waals surface area contributed by atoms with Crippen molar-refractivity contribution in [3.63, 3.8) is 0 Å². The molecule has 30 aromatic carbocycles. The number of hydrogen-bond acceptors (Lipinski definition) is 1. The molecule has 0 nitrogen and oxygen atoms in total. The van der Waals surface area contributed by atoms with Crippen molar-refractivity contribution in [2.24, 2.45) is 0 Å². The summed E-state index contributed by atoms with van der Waals surface area (Å²) in [6, 6.07) is 0. The molecule has 246 valence electrons. The van der Waals surface area contributed by atoms with Gasteiger partial charge in [-0.25, -0.2) is 0 Å². The second-order valence-corrected chi connectivity index (χ2v) is 23.5. The van der Waals surface area contributed by atoms with Gasteiger partial charge in [-0.2, -0.15) is 0 Å². The Hall–Kier alpha value is -7.58. The van der Waals surface area contributed by atoms with Gasteiger partial charge < -0.3 is 0 Å². The fourth-order valence-corrected chi connectivity index (χ4v) is 23.6. The molecule has 0 spiro atoms. The maximum absolute atomic E-state index is 2.25. The number of fused-ring (bicyclic) bond motifs is 5. The summed E-state index contributed by atoms with van der Waals surface area (Å²) in [7, 11) is 0. The topological polar surface area (TPSA) is 0 Å². The fourth-order valence-electron chi connectivity index (χ4n) is 22.2. The monoisotopic (exact) mass is 752 g/mol. The lowest BCUT2D eigenvalue weighted by molar-refractivity contribution is 2.18. The second kappa shape index (κ2) is 4.61. The Bertz CT molecular complexity index is 6000. The first-order valence-corrected chi connectivity index (χ1v) is 23.5. The zero-order chi connectivity index (χ0) is 35.3. The van der Waals surface area contributed by atoms with Crippen molar-refractivity contribution < 1.29 is 0 Å². The Balaban J connectivity index is 1.36. The Morgan fingerprint density at radius 1 is 0.0820 bits per heavy atom. The van der Waals surface area contributed by atoms with Crippen LogP contribution in [0.3, 0.4) is 0 Å². The van der Waals surface area contributed by atoms with Crippen LogP contribution in [-0.2, 0) is 0 Å². The Labute approximate surface area is 331 Å². The maximum Gasteiger partial charge on any atom is 0.0447 e. The van der Waals surface area contributed by atoms with Crippen molar-refractivity contribution in [3.8, 4) is 0 Å². The van der Waals surface area contributed by atoms with Gasteiger partial charge in [-0.15, -0.1) is 11.3 Å². The number of hydrogen-bond donors (Lipinski definition) is 0. The van der Waals surface area contributed by atoms with Gasteiger partial charge in [-0.1, -0.05) is 0 Å². The van der Waals surface area contributed by atoms with Crippen molar-refractivity contribution in [1.29, 1.82) is 0 Å². The summed E-state index contributed by atoms with van der Waals surface area (Å²) in [6.45, 7) is 0. The summed E-state index contributed by atoms with van der Waals surface area (Å²) in [4.78, 5) is 0. The lowest BCUT2D eigenvalue weighted by Gasteiger charge is -2.19. The fraction of sp³-hybridized carbons (Fsp3) is 0. The van der Waals surface area contributed by atoms with E-state index in [1.165, 1.54) is 0 Å². The third kappa shape index (κ3) is 1.07. The maximum atomic E-state index is 2.25. The van der Waals surface area contributed by atoms with Crippen LogP contribution in [0.5, 0.6) is 0 Å². The van der Waals surface area contributed by atoms with E-state index in [2.05, 4.69) is 11.3 Å². The average molecular weight is 753 g/mol. The zero-order valence-electron chi connectivity index (χ0n) is 30.4. The van der Waals surface area contributed by atoms with Crippen LogP contribution in [0, 0.1) is 0 Å². The van der Waals surface area contributed by atoms with Gasteiger partial charge in [0.05, 0.1) is 0 Å². The highest BCUT2D eigenvalue weighted by molar-refractivity contribution is 7.28. The molecule has 0 unspecified atom stereocenters. The van der Waals surface area contributed by atoms with Crippen molar-refractivity contribution in [3.05, 3.63) is 0 Å². The van der Waals surface area contributed by atoms with E-state index in [0.717, 1.165) is 0 Å². The van der Waals surface area contributed by atoms with Crippen LogP contribution < -0.4 is 0 Å². The van der Waals surface area contributed by atoms with E-state index in [4.69, 9.17) is 0 Å². The van der Waals surface area contributed by atoms with Crippen LogP contribution in [-0.4, -0.2) is 0 Å².